The Morgan fingerprint density at radius 3 is 2.85 bits per heavy atom. The van der Waals surface area contributed by atoms with E-state index in [2.05, 4.69) is 4.74 Å². The lowest BCUT2D eigenvalue weighted by molar-refractivity contribution is -0.136. The molecule has 3 aliphatic rings. The highest BCUT2D eigenvalue weighted by Crippen LogP contribution is 2.34. The number of nitrogens with zero attached hydrogens (tertiary/aromatic N) is 2. The maximum absolute atomic E-state index is 16.2. The second-order valence-corrected chi connectivity index (χ2v) is 6.83. The van der Waals surface area contributed by atoms with Crippen LogP contribution in [0.4, 0.5) is 4.39 Å². The van der Waals surface area contributed by atoms with Gasteiger partial charge in [0.1, 0.15) is 24.2 Å². The van der Waals surface area contributed by atoms with Gasteiger partial charge in [-0.25, -0.2) is 4.39 Å². The molecule has 0 saturated carbocycles. The van der Waals surface area contributed by atoms with Gasteiger partial charge in [0, 0.05) is 50.8 Å². The molecule has 0 radical (unpaired) electrons. The van der Waals surface area contributed by atoms with Gasteiger partial charge in [0.25, 0.3) is 5.91 Å². The molecule has 2 aromatic carbocycles. The summed E-state index contributed by atoms with van der Waals surface area (Å²) in [6.45, 7) is -26.9. The van der Waals surface area contributed by atoms with Gasteiger partial charge < -0.3 is 14.4 Å². The number of carbonyl (C=O) groups is 3. The van der Waals surface area contributed by atoms with Gasteiger partial charge >= 0.3 is 0 Å². The van der Waals surface area contributed by atoms with Crippen molar-refractivity contribution in [3.05, 3.63) is 64.3 Å². The first-order chi connectivity index (χ1) is 24.2. The number of carbonyl (C=O) groups excluding carboxylic acids is 3. The number of nitrogens with one attached hydrogen (secondary N) is 1. The average Bonchev–Trinajstić information content (AvgIpc) is 3.20. The first-order valence-electron chi connectivity index (χ1n) is 19.5. The second kappa shape index (κ2) is 9.52. The van der Waals surface area contributed by atoms with E-state index in [1.54, 1.807) is 0 Å². The number of piperidine rings is 1. The Labute approximate surface area is 224 Å². The minimum atomic E-state index is -4.09. The maximum Gasteiger partial charge on any atom is 0.255 e. The summed E-state index contributed by atoms with van der Waals surface area (Å²) in [5.41, 5.74) is -5.51. The Morgan fingerprint density at radius 1 is 1.24 bits per heavy atom. The van der Waals surface area contributed by atoms with Gasteiger partial charge in [0.15, 0.2) is 0 Å². The van der Waals surface area contributed by atoms with Gasteiger partial charge in [-0.2, -0.15) is 0 Å². The summed E-state index contributed by atoms with van der Waals surface area (Å²) >= 11 is 0. The van der Waals surface area contributed by atoms with Crippen LogP contribution < -0.4 is 10.1 Å². The van der Waals surface area contributed by atoms with E-state index in [1.165, 1.54) is 0 Å². The number of rotatable bonds is 6. The fourth-order valence-corrected chi connectivity index (χ4v) is 3.14. The van der Waals surface area contributed by atoms with Gasteiger partial charge in [-0.3, -0.25) is 24.6 Å². The molecular weight excluding hydrogens is 441 g/mol. The van der Waals surface area contributed by atoms with Crippen LogP contribution in [0.3, 0.4) is 0 Å². The van der Waals surface area contributed by atoms with Crippen molar-refractivity contribution in [1.82, 2.24) is 15.1 Å². The first-order valence-corrected chi connectivity index (χ1v) is 9.54. The van der Waals surface area contributed by atoms with Crippen LogP contribution in [0, 0.1) is 5.82 Å². The highest BCUT2D eigenvalue weighted by molar-refractivity contribution is 6.05. The van der Waals surface area contributed by atoms with Crippen LogP contribution in [-0.2, 0) is 33.9 Å². The monoisotopic (exact) mass is 487 g/mol. The molecule has 0 aromatic heterocycles. The van der Waals surface area contributed by atoms with Gasteiger partial charge in [-0.15, -0.1) is 0 Å². The molecule has 3 aliphatic heterocycles. The van der Waals surface area contributed by atoms with E-state index in [4.69, 9.17) is 32.2 Å². The van der Waals surface area contributed by atoms with Crippen LogP contribution >= 0.6 is 0 Å². The normalized spacial score (nSPS) is 37.7. The summed E-state index contributed by atoms with van der Waals surface area (Å²) in [7, 11) is 0. The van der Waals surface area contributed by atoms with E-state index in [0.717, 1.165) is 0 Å². The third-order valence-electron chi connectivity index (χ3n) is 4.69. The molecule has 1 atom stereocenters. The van der Waals surface area contributed by atoms with Crippen molar-refractivity contribution in [3.8, 4) is 5.75 Å². The standard InChI is InChI=1S/C25H26FN3O5/c26-20-12-16(13-28-8-10-33-11-9-28)4-5-17(20)15-34-22-3-1-2-18-19(22)14-29(25(18)32)21-6-7-23(30)27-24(21)31/h1-5,12,21H,6-11,13-15H2,(H,27,30,31)/t21-/m1/s1/i1D,2D,3D,4D,5D,8D2,9D2,10D2,11D2,12D,13D2,14D2,15D2. The van der Waals surface area contributed by atoms with Gasteiger partial charge in [0.2, 0.25) is 11.8 Å². The molecule has 0 spiro atoms. The number of fused-ring (bicyclic) bond motifs is 1. The van der Waals surface area contributed by atoms with E-state index in [9.17, 15) is 14.4 Å². The molecule has 2 aromatic rings. The Bertz CT molecular complexity index is 1970. The Kier molecular flexibility index (Phi) is 2.53. The fourth-order valence-electron chi connectivity index (χ4n) is 3.14. The minimum absolute atomic E-state index is 0.281. The van der Waals surface area contributed by atoms with Crippen LogP contribution in [0.5, 0.6) is 5.75 Å². The third kappa shape index (κ3) is 4.53. The number of morpholine rings is 1. The molecule has 1 N–H and O–H groups in total. The summed E-state index contributed by atoms with van der Waals surface area (Å²) in [5, 5.41) is 1.92. The molecule has 5 rings (SSSR count). The van der Waals surface area contributed by atoms with Gasteiger partial charge in [-0.1, -0.05) is 18.1 Å². The lowest BCUT2D eigenvalue weighted by Gasteiger charge is -2.29. The van der Waals surface area contributed by atoms with Crippen molar-refractivity contribution in [1.29, 1.82) is 0 Å². The minimum Gasteiger partial charge on any atom is -0.488 e. The SMILES string of the molecule is [2H]c1c([2H])c(OC([2H])([2H])c2c([2H])c([2H])c(C([2H])([2H])N3C([2H])([2H])C([2H])([2H])OC([2H])([2H])C3([2H])[2H])c([2H])c2F)c2c(c1[2H])C(=O)N([C@@H]1CCC(=O)NC1=O)C2([2H])[2H]. The lowest BCUT2D eigenvalue weighted by Crippen LogP contribution is -2.52. The second-order valence-electron chi connectivity index (χ2n) is 6.83. The van der Waals surface area contributed by atoms with Crippen LogP contribution in [0.1, 0.15) is 67.3 Å². The van der Waals surface area contributed by atoms with E-state index in [0.29, 0.717) is 0 Å². The zero-order valence-electron chi connectivity index (χ0n) is 36.8. The average molecular weight is 488 g/mol. The molecule has 9 heteroatoms. The van der Waals surface area contributed by atoms with E-state index in [1.807, 2.05) is 5.32 Å². The van der Waals surface area contributed by atoms with Crippen LogP contribution in [0.2, 0.25) is 0 Å². The number of benzene rings is 2. The number of hydrogen-bond acceptors (Lipinski definition) is 6. The molecule has 8 nitrogen and oxygen atoms in total. The fraction of sp³-hybridized carbons (Fsp3) is 0.400. The van der Waals surface area contributed by atoms with Gasteiger partial charge in [-0.05, 0) is 30.1 Å². The first kappa shape index (κ1) is 9.05. The lowest BCUT2D eigenvalue weighted by atomic mass is 10.0. The zero-order valence-corrected chi connectivity index (χ0v) is 16.8. The van der Waals surface area contributed by atoms with Crippen molar-refractivity contribution < 1.29 is 55.7 Å². The topological polar surface area (TPSA) is 88.2 Å². The predicted molar refractivity (Wildman–Crippen MR) is 119 cm³/mol. The molecule has 3 amide bonds. The predicted octanol–water partition coefficient (Wildman–Crippen LogP) is 2.00. The summed E-state index contributed by atoms with van der Waals surface area (Å²) in [6, 6.07) is -10.4. The van der Waals surface area contributed by atoms with Crippen LogP contribution in [0.15, 0.2) is 36.3 Å². The maximum atomic E-state index is 16.2. The van der Waals surface area contributed by atoms with E-state index >= 15 is 4.39 Å². The summed E-state index contributed by atoms with van der Waals surface area (Å²) < 4.78 is 192. The Balaban J connectivity index is 1.68. The van der Waals surface area contributed by atoms with Crippen LogP contribution in [0.25, 0.3) is 0 Å². The Morgan fingerprint density at radius 2 is 2.06 bits per heavy atom. The molecule has 34 heavy (non-hydrogen) atoms. The van der Waals surface area contributed by atoms with Crippen molar-refractivity contribution >= 4 is 17.7 Å². The summed E-state index contributed by atoms with van der Waals surface area (Å²) in [5.74, 6) is -6.86. The van der Waals surface area contributed by atoms with Crippen LogP contribution in [-0.4, -0.2) is 59.7 Å². The number of halogens is 1. The van der Waals surface area contributed by atoms with Crippen molar-refractivity contribution in [2.75, 3.05) is 26.1 Å². The molecule has 2 saturated heterocycles. The van der Waals surface area contributed by atoms with E-state index in [-0.39, 0.29) is 11.3 Å². The molecule has 0 bridgehead atoms. The highest BCUT2D eigenvalue weighted by Gasteiger charge is 2.40. The largest absolute Gasteiger partial charge is 0.488 e. The Hall–Kier alpha value is -3.30. The molecule has 2 fully saturated rings. The van der Waals surface area contributed by atoms with E-state index < -0.39 is 151 Å². The number of hydrogen-bond donors (Lipinski definition) is 1. The molecular formula is C25H26FN3O5. The zero-order chi connectivity index (χ0) is 41.4. The number of ether oxygens (including phenoxy) is 2. The van der Waals surface area contributed by atoms with Crippen molar-refractivity contribution in [2.24, 2.45) is 0 Å². The molecule has 0 unspecified atom stereocenters. The summed E-state index contributed by atoms with van der Waals surface area (Å²) in [4.78, 5) is 37.5. The molecule has 0 aliphatic carbocycles. The van der Waals surface area contributed by atoms with Crippen molar-refractivity contribution in [3.63, 3.8) is 0 Å². The highest BCUT2D eigenvalue weighted by atomic mass is 19.1. The quantitative estimate of drug-likeness (QED) is 0.627. The smallest absolute Gasteiger partial charge is 0.255 e. The molecule has 178 valence electrons. The number of imide groups is 1. The van der Waals surface area contributed by atoms with Crippen molar-refractivity contribution in [2.45, 2.75) is 38.4 Å². The number of amides is 3. The van der Waals surface area contributed by atoms with Gasteiger partial charge in [0.05, 0.1) is 38.8 Å². The summed E-state index contributed by atoms with van der Waals surface area (Å²) in [6.07, 6.45) is -0.769. The molecule has 3 heterocycles. The third-order valence-corrected chi connectivity index (χ3v) is 4.69.